The summed E-state index contributed by atoms with van der Waals surface area (Å²) in [7, 11) is -0.110. The summed E-state index contributed by atoms with van der Waals surface area (Å²) in [6.07, 6.45) is 0. The molecule has 0 amide bonds. The van der Waals surface area contributed by atoms with E-state index in [9.17, 15) is 0 Å². The SMILES string of the molecule is C=C[Si](C)C.C[CH2][Ge]([CH2]C)[CH2]C. The molecule has 2 heteroatoms. The molecule has 0 unspecified atom stereocenters. The molecule has 0 aliphatic rings. The van der Waals surface area contributed by atoms with Gasteiger partial charge in [-0.1, -0.05) is 13.1 Å². The molecule has 0 bridgehead atoms. The minimum atomic E-state index is -0.403. The third-order valence-corrected chi connectivity index (χ3v) is 9.02. The molecule has 2 radical (unpaired) electrons. The van der Waals surface area contributed by atoms with Crippen LogP contribution < -0.4 is 0 Å². The van der Waals surface area contributed by atoms with E-state index in [0.717, 1.165) is 0 Å². The molecule has 0 aliphatic carbocycles. The van der Waals surface area contributed by atoms with E-state index in [1.807, 2.05) is 5.70 Å². The molecule has 12 heavy (non-hydrogen) atoms. The molecular weight excluding hydrogens is 221 g/mol. The molecule has 0 saturated carbocycles. The van der Waals surface area contributed by atoms with E-state index in [1.165, 1.54) is 15.8 Å². The first kappa shape index (κ1) is 15.0. The van der Waals surface area contributed by atoms with Crippen molar-refractivity contribution in [2.24, 2.45) is 0 Å². The van der Waals surface area contributed by atoms with Crippen LogP contribution in [0.2, 0.25) is 28.9 Å². The van der Waals surface area contributed by atoms with Gasteiger partial charge in [0.25, 0.3) is 0 Å². The van der Waals surface area contributed by atoms with Crippen molar-refractivity contribution in [2.75, 3.05) is 0 Å². The zero-order chi connectivity index (χ0) is 9.98. The second kappa shape index (κ2) is 11.5. The molecule has 0 atom stereocenters. The van der Waals surface area contributed by atoms with E-state index >= 15 is 0 Å². The normalized spacial score (nSPS) is 9.58. The van der Waals surface area contributed by atoms with Crippen LogP contribution in [-0.4, -0.2) is 23.1 Å². The van der Waals surface area contributed by atoms with Gasteiger partial charge in [0, 0.05) is 0 Å². The third kappa shape index (κ3) is 13.1. The van der Waals surface area contributed by atoms with Crippen molar-refractivity contribution in [1.29, 1.82) is 0 Å². The van der Waals surface area contributed by atoms with Crippen molar-refractivity contribution in [3.05, 3.63) is 12.3 Å². The van der Waals surface area contributed by atoms with Crippen LogP contribution in [0.5, 0.6) is 0 Å². The van der Waals surface area contributed by atoms with Gasteiger partial charge in [-0.05, 0) is 0 Å². The first-order valence-corrected chi connectivity index (χ1v) is 11.9. The van der Waals surface area contributed by atoms with Crippen molar-refractivity contribution >= 4 is 23.1 Å². The topological polar surface area (TPSA) is 0 Å². The molecule has 0 N–H and O–H groups in total. The predicted molar refractivity (Wildman–Crippen MR) is 64.9 cm³/mol. The molecule has 0 heterocycles. The van der Waals surface area contributed by atoms with Crippen molar-refractivity contribution < 1.29 is 0 Å². The summed E-state index contributed by atoms with van der Waals surface area (Å²) in [5.41, 5.74) is 2.02. The number of hydrogen-bond donors (Lipinski definition) is 0. The molecule has 0 saturated heterocycles. The van der Waals surface area contributed by atoms with E-state index in [-0.39, 0.29) is 8.80 Å². The molecule has 0 aromatic heterocycles. The zero-order valence-corrected chi connectivity index (χ0v) is 12.5. The van der Waals surface area contributed by atoms with Gasteiger partial charge < -0.3 is 0 Å². The Hall–Kier alpha value is 0.500. The number of hydrogen-bond acceptors (Lipinski definition) is 0. The molecular formula is C10H24GeSi. The Morgan fingerprint density at radius 3 is 1.33 bits per heavy atom. The van der Waals surface area contributed by atoms with E-state index in [0.29, 0.717) is 0 Å². The van der Waals surface area contributed by atoms with E-state index < -0.39 is 14.3 Å². The summed E-state index contributed by atoms with van der Waals surface area (Å²) < 4.78 is 0. The average Bonchev–Trinajstić information content (AvgIpc) is 2.09. The molecule has 72 valence electrons. The average molecular weight is 245 g/mol. The second-order valence-corrected chi connectivity index (χ2v) is 13.3. The van der Waals surface area contributed by atoms with Crippen LogP contribution in [0.15, 0.2) is 12.3 Å². The molecule has 0 aromatic rings. The van der Waals surface area contributed by atoms with E-state index in [1.54, 1.807) is 0 Å². The fraction of sp³-hybridized carbons (Fsp3) is 0.800. The first-order chi connectivity index (χ1) is 5.62. The van der Waals surface area contributed by atoms with Gasteiger partial charge in [-0.15, -0.1) is 12.3 Å². The van der Waals surface area contributed by atoms with Gasteiger partial charge in [-0.2, -0.15) is 0 Å². The van der Waals surface area contributed by atoms with Crippen molar-refractivity contribution in [2.45, 2.75) is 49.6 Å². The van der Waals surface area contributed by atoms with Crippen molar-refractivity contribution in [3.8, 4) is 0 Å². The maximum absolute atomic E-state index is 3.61. The van der Waals surface area contributed by atoms with E-state index in [2.05, 4.69) is 40.4 Å². The van der Waals surface area contributed by atoms with Gasteiger partial charge >= 0.3 is 50.9 Å². The molecule has 0 spiro atoms. The van der Waals surface area contributed by atoms with Crippen LogP contribution >= 0.6 is 0 Å². The Labute approximate surface area is 85.2 Å². The molecule has 0 fully saturated rings. The summed E-state index contributed by atoms with van der Waals surface area (Å²) >= 11 is -0.403. The van der Waals surface area contributed by atoms with Gasteiger partial charge in [0.2, 0.25) is 0 Å². The predicted octanol–water partition coefficient (Wildman–Crippen LogP) is 4.01. The quantitative estimate of drug-likeness (QED) is 0.656. The van der Waals surface area contributed by atoms with Crippen LogP contribution in [0, 0.1) is 0 Å². The van der Waals surface area contributed by atoms with Gasteiger partial charge in [0.15, 0.2) is 0 Å². The summed E-state index contributed by atoms with van der Waals surface area (Å²) in [5.74, 6) is 0. The third-order valence-electron chi connectivity index (χ3n) is 1.91. The van der Waals surface area contributed by atoms with Crippen LogP contribution in [0.1, 0.15) is 20.8 Å². The Morgan fingerprint density at radius 2 is 1.33 bits per heavy atom. The van der Waals surface area contributed by atoms with Gasteiger partial charge in [-0.25, -0.2) is 0 Å². The summed E-state index contributed by atoms with van der Waals surface area (Å²) in [4.78, 5) is 0. The molecule has 0 aromatic carbocycles. The van der Waals surface area contributed by atoms with Crippen LogP contribution in [-0.2, 0) is 0 Å². The second-order valence-electron chi connectivity index (χ2n) is 3.09. The minimum absolute atomic E-state index is 0.110. The Kier molecular flexibility index (Phi) is 14.4. The fourth-order valence-electron chi connectivity index (χ4n) is 0.750. The summed E-state index contributed by atoms with van der Waals surface area (Å²) in [6.45, 7) is 15.0. The molecule has 0 aliphatic heterocycles. The Morgan fingerprint density at radius 1 is 1.08 bits per heavy atom. The Balaban J connectivity index is 0. The summed E-state index contributed by atoms with van der Waals surface area (Å²) in [6, 6.07) is 0. The van der Waals surface area contributed by atoms with Gasteiger partial charge in [0.1, 0.15) is 0 Å². The van der Waals surface area contributed by atoms with Gasteiger partial charge in [0.05, 0.1) is 8.80 Å². The molecule has 0 rings (SSSR count). The zero-order valence-electron chi connectivity index (χ0n) is 9.41. The summed E-state index contributed by atoms with van der Waals surface area (Å²) in [5, 5.41) is 4.56. The van der Waals surface area contributed by atoms with Gasteiger partial charge in [-0.3, -0.25) is 0 Å². The van der Waals surface area contributed by atoms with E-state index in [4.69, 9.17) is 0 Å². The van der Waals surface area contributed by atoms with Crippen molar-refractivity contribution in [1.82, 2.24) is 0 Å². The van der Waals surface area contributed by atoms with Crippen LogP contribution in [0.4, 0.5) is 0 Å². The van der Waals surface area contributed by atoms with Crippen LogP contribution in [0.3, 0.4) is 0 Å². The first-order valence-electron chi connectivity index (χ1n) is 4.88. The maximum atomic E-state index is 3.61. The monoisotopic (exact) mass is 246 g/mol. The standard InChI is InChI=1S/C6H15Ge.C4H9Si/c1-4-7(5-2)6-3;1-4-5(2)3/h4-6H2,1-3H3;4H,1H2,2-3H3. The molecule has 0 nitrogen and oxygen atoms in total. The van der Waals surface area contributed by atoms with Crippen molar-refractivity contribution in [3.63, 3.8) is 0 Å². The Bertz CT molecular complexity index is 82.3. The fourth-order valence-corrected chi connectivity index (χ4v) is 3.90. The van der Waals surface area contributed by atoms with Crippen LogP contribution in [0.25, 0.3) is 0 Å². The number of rotatable bonds is 4.